The molecule has 4 aromatic rings. The molecule has 0 amide bonds. The molecule has 0 unspecified atom stereocenters. The second-order valence-electron chi connectivity index (χ2n) is 9.69. The Kier molecular flexibility index (Phi) is 9.12. The van der Waals surface area contributed by atoms with Crippen LogP contribution in [0.5, 0.6) is 17.2 Å². The first-order valence-corrected chi connectivity index (χ1v) is 13.8. The molecule has 0 N–H and O–H groups in total. The van der Waals surface area contributed by atoms with Gasteiger partial charge in [-0.15, -0.1) is 0 Å². The number of carbonyl (C=O) groups excluding carboxylic acids is 1. The number of aryl methyl sites for hydroxylation is 1. The first-order valence-electron chi connectivity index (χ1n) is 13.0. The van der Waals surface area contributed by atoms with Crippen molar-refractivity contribution in [3.05, 3.63) is 80.0 Å². The highest BCUT2D eigenvalue weighted by Gasteiger charge is 2.20. The predicted octanol–water partition coefficient (Wildman–Crippen LogP) is 6.10. The molecule has 0 saturated carbocycles. The Morgan fingerprint density at radius 1 is 1.00 bits per heavy atom. The van der Waals surface area contributed by atoms with Crippen molar-refractivity contribution in [1.82, 2.24) is 9.66 Å². The van der Waals surface area contributed by atoms with E-state index >= 15 is 0 Å². The number of rotatable bonds is 9. The number of benzene rings is 3. The molecule has 0 aliphatic rings. The largest absolute Gasteiger partial charge is 0.496 e. The summed E-state index contributed by atoms with van der Waals surface area (Å²) < 4.78 is 23.5. The van der Waals surface area contributed by atoms with Gasteiger partial charge in [0.2, 0.25) is 0 Å². The monoisotopic (exact) mass is 621 g/mol. The summed E-state index contributed by atoms with van der Waals surface area (Å²) in [6.07, 6.45) is 0.706. The Morgan fingerprint density at radius 2 is 1.71 bits per heavy atom. The molecule has 0 radical (unpaired) electrons. The molecule has 0 bridgehead atoms. The standard InChI is InChI=1S/C31H32BrN3O6/c1-17(2)22-14-23(18(3)12-26(22)38-5)29-34-25-11-9-8-10-21(25)30(36)35(29)33-16-20-13-27(39-6)28(15-24(20)32)41-19(4)31(37)40-7/h8-17,19H,1-7H3/t19-/m1/s1. The lowest BCUT2D eigenvalue weighted by Gasteiger charge is -2.17. The van der Waals surface area contributed by atoms with E-state index in [1.54, 1.807) is 44.5 Å². The van der Waals surface area contributed by atoms with Crippen molar-refractivity contribution in [2.24, 2.45) is 5.10 Å². The van der Waals surface area contributed by atoms with Crippen molar-refractivity contribution in [2.75, 3.05) is 21.3 Å². The average Bonchev–Trinajstić information content (AvgIpc) is 2.96. The van der Waals surface area contributed by atoms with Gasteiger partial charge in [0.05, 0.1) is 38.4 Å². The van der Waals surface area contributed by atoms with Crippen LogP contribution in [-0.4, -0.2) is 49.3 Å². The van der Waals surface area contributed by atoms with Crippen LogP contribution in [-0.2, 0) is 9.53 Å². The lowest BCUT2D eigenvalue weighted by Crippen LogP contribution is -2.25. The third-order valence-electron chi connectivity index (χ3n) is 6.63. The zero-order valence-electron chi connectivity index (χ0n) is 24.0. The van der Waals surface area contributed by atoms with E-state index < -0.39 is 12.1 Å². The predicted molar refractivity (Wildman–Crippen MR) is 163 cm³/mol. The van der Waals surface area contributed by atoms with Crippen LogP contribution in [0.2, 0.25) is 0 Å². The van der Waals surface area contributed by atoms with Crippen molar-refractivity contribution in [3.63, 3.8) is 0 Å². The summed E-state index contributed by atoms with van der Waals surface area (Å²) in [7, 11) is 4.44. The zero-order valence-corrected chi connectivity index (χ0v) is 25.6. The van der Waals surface area contributed by atoms with Crippen molar-refractivity contribution in [2.45, 2.75) is 39.7 Å². The summed E-state index contributed by atoms with van der Waals surface area (Å²) in [5, 5.41) is 5.06. The van der Waals surface area contributed by atoms with Crippen LogP contribution < -0.4 is 19.8 Å². The normalized spacial score (nSPS) is 12.1. The van der Waals surface area contributed by atoms with Gasteiger partial charge >= 0.3 is 5.97 Å². The van der Waals surface area contributed by atoms with Crippen LogP contribution in [0.25, 0.3) is 22.3 Å². The average molecular weight is 623 g/mol. The van der Waals surface area contributed by atoms with Gasteiger partial charge in [-0.1, -0.05) is 26.0 Å². The highest BCUT2D eigenvalue weighted by Crippen LogP contribution is 2.35. The van der Waals surface area contributed by atoms with E-state index in [0.29, 0.717) is 38.3 Å². The second kappa shape index (κ2) is 12.6. The maximum Gasteiger partial charge on any atom is 0.346 e. The fraction of sp³-hybridized carbons (Fsp3) is 0.290. The molecule has 0 aliphatic carbocycles. The third-order valence-corrected chi connectivity index (χ3v) is 7.31. The van der Waals surface area contributed by atoms with Gasteiger partial charge in [-0.05, 0) is 83.2 Å². The number of esters is 1. The molecule has 1 aromatic heterocycles. The third kappa shape index (κ3) is 6.12. The highest BCUT2D eigenvalue weighted by atomic mass is 79.9. The number of methoxy groups -OCH3 is 3. The van der Waals surface area contributed by atoms with Gasteiger partial charge in [0.25, 0.3) is 5.56 Å². The van der Waals surface area contributed by atoms with E-state index in [9.17, 15) is 9.59 Å². The molecule has 0 aliphatic heterocycles. The van der Waals surface area contributed by atoms with Gasteiger partial charge in [-0.25, -0.2) is 9.78 Å². The molecule has 214 valence electrons. The molecule has 41 heavy (non-hydrogen) atoms. The molecule has 1 atom stereocenters. The topological polar surface area (TPSA) is 101 Å². The molecular weight excluding hydrogens is 590 g/mol. The molecule has 0 spiro atoms. The first-order chi connectivity index (χ1) is 19.6. The fourth-order valence-electron chi connectivity index (χ4n) is 4.40. The van der Waals surface area contributed by atoms with Crippen LogP contribution in [0.3, 0.4) is 0 Å². The lowest BCUT2D eigenvalue weighted by atomic mass is 9.96. The number of para-hydroxylation sites is 1. The minimum absolute atomic E-state index is 0.180. The summed E-state index contributed by atoms with van der Waals surface area (Å²) in [6, 6.07) is 14.5. The highest BCUT2D eigenvalue weighted by molar-refractivity contribution is 9.10. The number of ether oxygens (including phenoxy) is 4. The molecule has 10 heteroatoms. The van der Waals surface area contributed by atoms with E-state index in [2.05, 4.69) is 34.9 Å². The van der Waals surface area contributed by atoms with Crippen LogP contribution in [0.1, 0.15) is 43.4 Å². The van der Waals surface area contributed by atoms with E-state index in [4.69, 9.17) is 23.9 Å². The summed E-state index contributed by atoms with van der Waals surface area (Å²) in [6.45, 7) is 7.70. The minimum Gasteiger partial charge on any atom is -0.496 e. The number of hydrogen-bond donors (Lipinski definition) is 0. The summed E-state index contributed by atoms with van der Waals surface area (Å²) in [5.74, 6) is 1.57. The van der Waals surface area contributed by atoms with Gasteiger partial charge in [-0.3, -0.25) is 4.79 Å². The van der Waals surface area contributed by atoms with E-state index in [1.807, 2.05) is 31.2 Å². The van der Waals surface area contributed by atoms with E-state index in [0.717, 1.165) is 22.4 Å². The van der Waals surface area contributed by atoms with Crippen molar-refractivity contribution >= 4 is 39.0 Å². The molecule has 9 nitrogen and oxygen atoms in total. The fourth-order valence-corrected chi connectivity index (χ4v) is 4.82. The molecule has 0 saturated heterocycles. The van der Waals surface area contributed by atoms with Gasteiger partial charge in [0.1, 0.15) is 5.75 Å². The van der Waals surface area contributed by atoms with Gasteiger partial charge in [-0.2, -0.15) is 9.78 Å². The maximum absolute atomic E-state index is 13.8. The minimum atomic E-state index is -0.839. The van der Waals surface area contributed by atoms with Gasteiger partial charge in [0, 0.05) is 15.6 Å². The van der Waals surface area contributed by atoms with E-state index in [1.165, 1.54) is 18.9 Å². The molecular formula is C31H32BrN3O6. The second-order valence-corrected chi connectivity index (χ2v) is 10.5. The van der Waals surface area contributed by atoms with Gasteiger partial charge in [0.15, 0.2) is 23.4 Å². The Bertz CT molecular complexity index is 1700. The van der Waals surface area contributed by atoms with Crippen molar-refractivity contribution < 1.29 is 23.7 Å². The Balaban J connectivity index is 1.88. The lowest BCUT2D eigenvalue weighted by molar-refractivity contribution is -0.147. The smallest absolute Gasteiger partial charge is 0.346 e. The Hall–Kier alpha value is -4.18. The van der Waals surface area contributed by atoms with E-state index in [-0.39, 0.29) is 11.5 Å². The molecule has 3 aromatic carbocycles. The van der Waals surface area contributed by atoms with Crippen molar-refractivity contribution in [3.8, 4) is 28.6 Å². The van der Waals surface area contributed by atoms with Crippen LogP contribution in [0.15, 0.2) is 62.9 Å². The van der Waals surface area contributed by atoms with Crippen LogP contribution >= 0.6 is 15.9 Å². The number of nitrogens with zero attached hydrogens (tertiary/aromatic N) is 3. The summed E-state index contributed by atoms with van der Waals surface area (Å²) >= 11 is 3.54. The number of halogens is 1. The SMILES string of the molecule is COC(=O)[C@@H](C)Oc1cc(Br)c(C=Nn2c(-c3cc(C(C)C)c(OC)cc3C)nc3ccccc3c2=O)cc1OC. The number of aromatic nitrogens is 2. The molecule has 0 fully saturated rings. The summed E-state index contributed by atoms with van der Waals surface area (Å²) in [4.78, 5) is 30.5. The first kappa shape index (κ1) is 29.8. The Morgan fingerprint density at radius 3 is 2.37 bits per heavy atom. The van der Waals surface area contributed by atoms with Crippen LogP contribution in [0, 0.1) is 6.92 Å². The number of fused-ring (bicyclic) bond motifs is 1. The zero-order chi connectivity index (χ0) is 29.8. The number of hydrogen-bond acceptors (Lipinski definition) is 8. The Labute approximate surface area is 246 Å². The molecule has 4 rings (SSSR count). The van der Waals surface area contributed by atoms with Gasteiger partial charge < -0.3 is 18.9 Å². The van der Waals surface area contributed by atoms with Crippen LogP contribution in [0.4, 0.5) is 0 Å². The summed E-state index contributed by atoms with van der Waals surface area (Å²) in [5.41, 5.74) is 3.53. The quantitative estimate of drug-likeness (QED) is 0.164. The number of carbonyl (C=O) groups is 1. The van der Waals surface area contributed by atoms with Crippen molar-refractivity contribution in [1.29, 1.82) is 0 Å². The maximum atomic E-state index is 13.8. The molecule has 1 heterocycles.